The molecule has 2 N–H and O–H groups in total. The van der Waals surface area contributed by atoms with Gasteiger partial charge in [0.05, 0.1) is 12.1 Å². The van der Waals surface area contributed by atoms with E-state index in [1.54, 1.807) is 7.11 Å². The van der Waals surface area contributed by atoms with E-state index in [-0.39, 0.29) is 11.4 Å². The Morgan fingerprint density at radius 2 is 2.29 bits per heavy atom. The van der Waals surface area contributed by atoms with Crippen molar-refractivity contribution in [2.24, 2.45) is 11.7 Å². The molecule has 1 aliphatic rings. The molecule has 0 radical (unpaired) electrons. The summed E-state index contributed by atoms with van der Waals surface area (Å²) in [5, 5.41) is 0. The average Bonchev–Trinajstić information content (AvgIpc) is 2.47. The number of hydrogen-bond acceptors (Lipinski definition) is 3. The third kappa shape index (κ3) is 2.25. The van der Waals surface area contributed by atoms with Gasteiger partial charge in [0.1, 0.15) is 0 Å². The summed E-state index contributed by atoms with van der Waals surface area (Å²) in [5.41, 5.74) is 5.35. The van der Waals surface area contributed by atoms with E-state index in [9.17, 15) is 4.79 Å². The number of nitrogens with two attached hydrogens (primary N) is 1. The number of nitrogens with zero attached hydrogens (tertiary/aromatic N) is 1. The molecule has 0 aliphatic carbocycles. The lowest BCUT2D eigenvalue weighted by Crippen LogP contribution is -2.48. The van der Waals surface area contributed by atoms with Gasteiger partial charge in [-0.1, -0.05) is 0 Å². The summed E-state index contributed by atoms with van der Waals surface area (Å²) in [6.07, 6.45) is 0.587. The summed E-state index contributed by atoms with van der Waals surface area (Å²) < 4.78 is 5.11. The second-order valence-electron chi connectivity index (χ2n) is 4.56. The first-order chi connectivity index (χ1) is 6.51. The highest BCUT2D eigenvalue weighted by Gasteiger charge is 2.38. The lowest BCUT2D eigenvalue weighted by molar-refractivity contribution is -0.133. The summed E-state index contributed by atoms with van der Waals surface area (Å²) >= 11 is 0. The minimum atomic E-state index is -0.213. The molecular formula is C10H20N2O2. The Morgan fingerprint density at radius 3 is 2.71 bits per heavy atom. The van der Waals surface area contributed by atoms with E-state index in [1.807, 2.05) is 18.7 Å². The third-order valence-corrected chi connectivity index (χ3v) is 2.77. The van der Waals surface area contributed by atoms with Gasteiger partial charge in [-0.15, -0.1) is 0 Å². The molecule has 4 heteroatoms. The molecule has 1 unspecified atom stereocenters. The van der Waals surface area contributed by atoms with Crippen LogP contribution in [0.15, 0.2) is 0 Å². The summed E-state index contributed by atoms with van der Waals surface area (Å²) in [6, 6.07) is 0. The zero-order chi connectivity index (χ0) is 10.8. The minimum absolute atomic E-state index is 0.197. The van der Waals surface area contributed by atoms with Crippen LogP contribution in [0.5, 0.6) is 0 Å². The maximum Gasteiger partial charge on any atom is 0.223 e. The van der Waals surface area contributed by atoms with Crippen LogP contribution in [0.2, 0.25) is 0 Å². The van der Waals surface area contributed by atoms with E-state index < -0.39 is 0 Å². The van der Waals surface area contributed by atoms with Gasteiger partial charge >= 0.3 is 0 Å². The van der Waals surface area contributed by atoms with Crippen molar-refractivity contribution in [1.29, 1.82) is 0 Å². The maximum atomic E-state index is 11.7. The lowest BCUT2D eigenvalue weighted by atomic mass is 10.0. The zero-order valence-corrected chi connectivity index (χ0v) is 9.25. The highest BCUT2D eigenvalue weighted by atomic mass is 16.5. The highest BCUT2D eigenvalue weighted by Crippen LogP contribution is 2.25. The predicted molar refractivity (Wildman–Crippen MR) is 54.8 cm³/mol. The molecule has 1 atom stereocenters. The maximum absolute atomic E-state index is 11.7. The largest absolute Gasteiger partial charge is 0.382 e. The number of rotatable bonds is 4. The van der Waals surface area contributed by atoms with Crippen molar-refractivity contribution in [3.05, 3.63) is 0 Å². The fourth-order valence-corrected chi connectivity index (χ4v) is 1.96. The molecule has 82 valence electrons. The smallest absolute Gasteiger partial charge is 0.223 e. The lowest BCUT2D eigenvalue weighted by Gasteiger charge is -2.35. The van der Waals surface area contributed by atoms with Gasteiger partial charge in [-0.25, -0.2) is 0 Å². The van der Waals surface area contributed by atoms with Crippen LogP contribution in [-0.4, -0.2) is 43.2 Å². The quantitative estimate of drug-likeness (QED) is 0.706. The molecule has 14 heavy (non-hydrogen) atoms. The van der Waals surface area contributed by atoms with Crippen LogP contribution >= 0.6 is 0 Å². The van der Waals surface area contributed by atoms with Crippen molar-refractivity contribution in [2.75, 3.05) is 26.8 Å². The average molecular weight is 200 g/mol. The monoisotopic (exact) mass is 200 g/mol. The molecule has 0 aromatic rings. The molecule has 0 aromatic carbocycles. The number of carbonyl (C=O) groups is 1. The Morgan fingerprint density at radius 1 is 1.64 bits per heavy atom. The van der Waals surface area contributed by atoms with Crippen LogP contribution in [0.3, 0.4) is 0 Å². The van der Waals surface area contributed by atoms with Gasteiger partial charge in [-0.05, 0) is 26.3 Å². The Labute approximate surface area is 85.4 Å². The highest BCUT2D eigenvalue weighted by molar-refractivity contribution is 5.79. The molecule has 4 nitrogen and oxygen atoms in total. The summed E-state index contributed by atoms with van der Waals surface area (Å²) in [4.78, 5) is 13.6. The molecule has 1 fully saturated rings. The number of methoxy groups -OCH3 is 1. The number of ether oxygens (including phenoxy) is 1. The molecule has 0 spiro atoms. The van der Waals surface area contributed by atoms with Crippen molar-refractivity contribution in [2.45, 2.75) is 25.8 Å². The number of carbonyl (C=O) groups excluding carboxylic acids is 1. The minimum Gasteiger partial charge on any atom is -0.382 e. The Kier molecular flexibility index (Phi) is 3.50. The molecule has 0 aromatic heterocycles. The Balaban J connectivity index is 2.64. The van der Waals surface area contributed by atoms with Crippen LogP contribution in [0, 0.1) is 5.92 Å². The van der Waals surface area contributed by atoms with Gasteiger partial charge < -0.3 is 15.4 Å². The summed E-state index contributed by atoms with van der Waals surface area (Å²) in [6.45, 7) is 5.97. The van der Waals surface area contributed by atoms with E-state index in [1.165, 1.54) is 0 Å². The van der Waals surface area contributed by atoms with E-state index >= 15 is 0 Å². The van der Waals surface area contributed by atoms with Crippen molar-refractivity contribution in [3.8, 4) is 0 Å². The topological polar surface area (TPSA) is 55.6 Å². The first kappa shape index (κ1) is 11.5. The Hall–Kier alpha value is -0.610. The first-order valence-corrected chi connectivity index (χ1v) is 5.00. The van der Waals surface area contributed by atoms with Gasteiger partial charge in [0, 0.05) is 20.1 Å². The van der Waals surface area contributed by atoms with E-state index in [4.69, 9.17) is 10.5 Å². The number of hydrogen-bond donors (Lipinski definition) is 1. The van der Waals surface area contributed by atoms with E-state index in [0.717, 1.165) is 6.54 Å². The Bertz CT molecular complexity index is 216. The predicted octanol–water partition coefficient (Wildman–Crippen LogP) is 0.219. The zero-order valence-electron chi connectivity index (χ0n) is 9.25. The SMILES string of the molecule is COCC(C)(C)N1CC(CN)CC1=O. The second kappa shape index (κ2) is 4.28. The second-order valence-corrected chi connectivity index (χ2v) is 4.56. The molecule has 1 rings (SSSR count). The van der Waals surface area contributed by atoms with Gasteiger partial charge in [-0.3, -0.25) is 4.79 Å². The molecule has 1 aliphatic heterocycles. The van der Waals surface area contributed by atoms with Gasteiger partial charge in [0.2, 0.25) is 5.91 Å². The fraction of sp³-hybridized carbons (Fsp3) is 0.900. The normalized spacial score (nSPS) is 23.3. The molecule has 1 amide bonds. The fourth-order valence-electron chi connectivity index (χ4n) is 1.96. The van der Waals surface area contributed by atoms with Crippen molar-refractivity contribution >= 4 is 5.91 Å². The van der Waals surface area contributed by atoms with Crippen LogP contribution in [0.25, 0.3) is 0 Å². The number of amides is 1. The number of likely N-dealkylation sites (tertiary alicyclic amines) is 1. The van der Waals surface area contributed by atoms with Gasteiger partial charge in [-0.2, -0.15) is 0 Å². The van der Waals surface area contributed by atoms with E-state index in [0.29, 0.717) is 25.5 Å². The van der Waals surface area contributed by atoms with Crippen molar-refractivity contribution in [1.82, 2.24) is 4.90 Å². The molecule has 1 saturated heterocycles. The summed E-state index contributed by atoms with van der Waals surface area (Å²) in [7, 11) is 1.66. The van der Waals surface area contributed by atoms with Gasteiger partial charge in [0.15, 0.2) is 0 Å². The van der Waals surface area contributed by atoms with Crippen LogP contribution in [0.1, 0.15) is 20.3 Å². The standard InChI is InChI=1S/C10H20N2O2/c1-10(2,7-14-3)12-6-8(5-11)4-9(12)13/h8H,4-7,11H2,1-3H3. The van der Waals surface area contributed by atoms with E-state index in [2.05, 4.69) is 0 Å². The molecule has 0 saturated carbocycles. The van der Waals surface area contributed by atoms with Crippen LogP contribution < -0.4 is 5.73 Å². The summed E-state index contributed by atoms with van der Waals surface area (Å²) in [5.74, 6) is 0.515. The van der Waals surface area contributed by atoms with Crippen LogP contribution in [0.4, 0.5) is 0 Å². The van der Waals surface area contributed by atoms with Crippen LogP contribution in [-0.2, 0) is 9.53 Å². The third-order valence-electron chi connectivity index (χ3n) is 2.77. The molecule has 1 heterocycles. The molecule has 0 bridgehead atoms. The molecular weight excluding hydrogens is 180 g/mol. The van der Waals surface area contributed by atoms with Crippen molar-refractivity contribution in [3.63, 3.8) is 0 Å². The van der Waals surface area contributed by atoms with Crippen molar-refractivity contribution < 1.29 is 9.53 Å². The van der Waals surface area contributed by atoms with Gasteiger partial charge in [0.25, 0.3) is 0 Å². The first-order valence-electron chi connectivity index (χ1n) is 5.00.